The Balaban J connectivity index is 1.51. The largest absolute Gasteiger partial charge is 0.364 e. The first kappa shape index (κ1) is 24.0. The predicted octanol–water partition coefficient (Wildman–Crippen LogP) is 4.25. The summed E-state index contributed by atoms with van der Waals surface area (Å²) in [7, 11) is 1.76. The molecule has 4 heterocycles. The number of pyridine rings is 2. The number of hydrogen-bond donors (Lipinski definition) is 0. The van der Waals surface area contributed by atoms with E-state index in [1.807, 2.05) is 12.3 Å². The molecule has 1 aliphatic heterocycles. The molecule has 3 atom stereocenters. The summed E-state index contributed by atoms with van der Waals surface area (Å²) in [5, 5.41) is 15.0. The smallest absolute Gasteiger partial charge is 0.252 e. The molecular weight excluding hydrogens is 450 g/mol. The Kier molecular flexibility index (Phi) is 6.50. The van der Waals surface area contributed by atoms with Crippen LogP contribution in [0.25, 0.3) is 21.9 Å². The average Bonchev–Trinajstić information content (AvgIpc) is 3.33. The second-order valence-corrected chi connectivity index (χ2v) is 9.75. The molecule has 1 aromatic carbocycles. The molecule has 4 aromatic rings. The maximum absolute atomic E-state index is 12.9. The van der Waals surface area contributed by atoms with Crippen molar-refractivity contribution in [1.29, 1.82) is 5.26 Å². The van der Waals surface area contributed by atoms with Gasteiger partial charge in [-0.3, -0.25) is 19.4 Å². The fraction of sp³-hybridized carbons (Fsp3) is 0.429. The van der Waals surface area contributed by atoms with Crippen LogP contribution in [0.2, 0.25) is 0 Å². The van der Waals surface area contributed by atoms with Crippen molar-refractivity contribution in [2.24, 2.45) is 7.05 Å². The fourth-order valence-corrected chi connectivity index (χ4v) is 5.60. The molecule has 1 saturated heterocycles. The highest BCUT2D eigenvalue weighted by molar-refractivity contribution is 5.88. The third-order valence-electron chi connectivity index (χ3n) is 7.77. The molecule has 0 N–H and O–H groups in total. The summed E-state index contributed by atoms with van der Waals surface area (Å²) >= 11 is 0. The van der Waals surface area contributed by atoms with Crippen LogP contribution >= 0.6 is 0 Å². The van der Waals surface area contributed by atoms with Gasteiger partial charge < -0.3 is 9.47 Å². The molecule has 8 nitrogen and oxygen atoms in total. The van der Waals surface area contributed by atoms with Crippen LogP contribution < -0.4 is 10.5 Å². The van der Waals surface area contributed by atoms with Gasteiger partial charge in [-0.05, 0) is 37.5 Å². The summed E-state index contributed by atoms with van der Waals surface area (Å²) in [5.41, 5.74) is 4.65. The molecule has 0 saturated carbocycles. The molecule has 1 aliphatic rings. The van der Waals surface area contributed by atoms with E-state index in [4.69, 9.17) is 10.4 Å². The van der Waals surface area contributed by atoms with Gasteiger partial charge in [-0.2, -0.15) is 10.4 Å². The Labute approximate surface area is 211 Å². The van der Waals surface area contributed by atoms with Gasteiger partial charge in [-0.1, -0.05) is 32.0 Å². The third kappa shape index (κ3) is 4.14. The molecule has 0 radical (unpaired) electrons. The van der Waals surface area contributed by atoms with Crippen molar-refractivity contribution in [3.05, 3.63) is 64.7 Å². The van der Waals surface area contributed by atoms with Crippen LogP contribution in [0.4, 0.5) is 5.69 Å². The van der Waals surface area contributed by atoms with E-state index in [1.165, 1.54) is 5.56 Å². The molecular formula is C28H33N7O. The Bertz CT molecular complexity index is 1500. The highest BCUT2D eigenvalue weighted by Gasteiger charge is 2.36. The minimum absolute atomic E-state index is 0.0589. The number of aryl methyl sites for hydroxylation is 1. The first-order chi connectivity index (χ1) is 17.4. The van der Waals surface area contributed by atoms with E-state index in [0.717, 1.165) is 53.6 Å². The Hall–Kier alpha value is -3.70. The Morgan fingerprint density at radius 3 is 2.69 bits per heavy atom. The molecule has 3 aromatic heterocycles. The second-order valence-electron chi connectivity index (χ2n) is 9.75. The van der Waals surface area contributed by atoms with Crippen LogP contribution in [0.5, 0.6) is 0 Å². The first-order valence-corrected chi connectivity index (χ1v) is 12.8. The molecule has 1 fully saturated rings. The normalized spacial score (nSPS) is 19.6. The maximum atomic E-state index is 12.9. The number of aromatic nitrogens is 4. The molecule has 5 rings (SSSR count). The highest BCUT2D eigenvalue weighted by Crippen LogP contribution is 2.34. The molecule has 0 amide bonds. The molecule has 8 heteroatoms. The number of rotatable bonds is 6. The minimum Gasteiger partial charge on any atom is -0.364 e. The van der Waals surface area contributed by atoms with Crippen LogP contribution in [0.15, 0.2) is 53.6 Å². The monoisotopic (exact) mass is 483 g/mol. The average molecular weight is 484 g/mol. The SMILES string of the molecule is CC[C@H]1CN(C(C)c2ccc3cccnc3c2)[C@H](CC)CN1c1cc(=O)n(C)c2cn(CC#N)nc12. The van der Waals surface area contributed by atoms with Crippen molar-refractivity contribution in [2.45, 2.75) is 58.3 Å². The van der Waals surface area contributed by atoms with E-state index in [2.05, 4.69) is 65.9 Å². The molecule has 0 spiro atoms. The van der Waals surface area contributed by atoms with Crippen molar-refractivity contribution in [2.75, 3.05) is 18.0 Å². The van der Waals surface area contributed by atoms with Crippen LogP contribution in [0, 0.1) is 11.3 Å². The fourth-order valence-electron chi connectivity index (χ4n) is 5.60. The van der Waals surface area contributed by atoms with Crippen molar-refractivity contribution >= 4 is 27.6 Å². The van der Waals surface area contributed by atoms with Crippen molar-refractivity contribution in [1.82, 2.24) is 24.2 Å². The summed E-state index contributed by atoms with van der Waals surface area (Å²) < 4.78 is 3.24. The van der Waals surface area contributed by atoms with Gasteiger partial charge in [0.05, 0.1) is 29.0 Å². The van der Waals surface area contributed by atoms with Gasteiger partial charge >= 0.3 is 0 Å². The molecule has 0 aliphatic carbocycles. The number of anilines is 1. The third-order valence-corrected chi connectivity index (χ3v) is 7.77. The minimum atomic E-state index is -0.0589. The van der Waals surface area contributed by atoms with Crippen LogP contribution in [0.3, 0.4) is 0 Å². The van der Waals surface area contributed by atoms with Gasteiger partial charge in [-0.25, -0.2) is 0 Å². The first-order valence-electron chi connectivity index (χ1n) is 12.8. The lowest BCUT2D eigenvalue weighted by molar-refractivity contribution is 0.101. The lowest BCUT2D eigenvalue weighted by Crippen LogP contribution is -2.58. The molecule has 0 bridgehead atoms. The van der Waals surface area contributed by atoms with Gasteiger partial charge in [0, 0.05) is 55.9 Å². The number of nitrogens with zero attached hydrogens (tertiary/aromatic N) is 7. The summed E-state index contributed by atoms with van der Waals surface area (Å²) in [6, 6.07) is 15.3. The van der Waals surface area contributed by atoms with E-state index in [9.17, 15) is 4.79 Å². The van der Waals surface area contributed by atoms with E-state index < -0.39 is 0 Å². The zero-order chi connectivity index (χ0) is 25.4. The molecule has 36 heavy (non-hydrogen) atoms. The summed E-state index contributed by atoms with van der Waals surface area (Å²) in [5.74, 6) is 0. The van der Waals surface area contributed by atoms with Gasteiger partial charge in [0.25, 0.3) is 5.56 Å². The van der Waals surface area contributed by atoms with Gasteiger partial charge in [-0.15, -0.1) is 0 Å². The van der Waals surface area contributed by atoms with Crippen LogP contribution in [0.1, 0.15) is 45.2 Å². The summed E-state index contributed by atoms with van der Waals surface area (Å²) in [6.45, 7) is 8.60. The van der Waals surface area contributed by atoms with Gasteiger partial charge in [0.1, 0.15) is 12.1 Å². The standard InChI is InChI=1S/C28H33N7O/c1-5-22-17-35(25-15-27(36)32(4)26-18-33(13-11-29)31-28(25)26)23(6-2)16-34(22)19(3)21-10-9-20-8-7-12-30-24(20)14-21/h7-10,12,14-15,18-19,22-23H,5-6,13,16-17H2,1-4H3/t19?,22-,23+/m1/s1. The van der Waals surface area contributed by atoms with Crippen molar-refractivity contribution in [3.8, 4) is 6.07 Å². The van der Waals surface area contributed by atoms with Gasteiger partial charge in [0.2, 0.25) is 0 Å². The number of benzene rings is 1. The van der Waals surface area contributed by atoms with E-state index in [1.54, 1.807) is 28.6 Å². The summed E-state index contributed by atoms with van der Waals surface area (Å²) in [4.78, 5) is 22.4. The number of hydrogen-bond acceptors (Lipinski definition) is 6. The van der Waals surface area contributed by atoms with Gasteiger partial charge in [0.15, 0.2) is 0 Å². The number of nitriles is 1. The number of fused-ring (bicyclic) bond motifs is 2. The molecule has 186 valence electrons. The highest BCUT2D eigenvalue weighted by atomic mass is 16.1. The molecule has 1 unspecified atom stereocenters. The predicted molar refractivity (Wildman–Crippen MR) is 143 cm³/mol. The Morgan fingerprint density at radius 1 is 1.14 bits per heavy atom. The maximum Gasteiger partial charge on any atom is 0.252 e. The topological polar surface area (TPSA) is 83.0 Å². The van der Waals surface area contributed by atoms with Crippen molar-refractivity contribution in [3.63, 3.8) is 0 Å². The van der Waals surface area contributed by atoms with E-state index in [0.29, 0.717) is 6.04 Å². The van der Waals surface area contributed by atoms with Crippen LogP contribution in [-0.2, 0) is 13.6 Å². The van der Waals surface area contributed by atoms with E-state index in [-0.39, 0.29) is 24.2 Å². The van der Waals surface area contributed by atoms with Crippen molar-refractivity contribution < 1.29 is 0 Å². The van der Waals surface area contributed by atoms with Crippen LogP contribution in [-0.4, -0.2) is 49.4 Å². The second kappa shape index (κ2) is 9.75. The zero-order valence-corrected chi connectivity index (χ0v) is 21.4. The lowest BCUT2D eigenvalue weighted by atomic mass is 9.96. The quantitative estimate of drug-likeness (QED) is 0.408. The lowest BCUT2D eigenvalue weighted by Gasteiger charge is -2.49. The Morgan fingerprint density at radius 2 is 1.94 bits per heavy atom. The number of piperazine rings is 1. The summed E-state index contributed by atoms with van der Waals surface area (Å²) in [6.07, 6.45) is 5.60. The van der Waals surface area contributed by atoms with E-state index >= 15 is 0 Å². The zero-order valence-electron chi connectivity index (χ0n) is 21.4.